The zero-order chi connectivity index (χ0) is 30.4. The van der Waals surface area contributed by atoms with E-state index >= 15 is 0 Å². The number of rotatable bonds is 9. The van der Waals surface area contributed by atoms with Gasteiger partial charge in [0.05, 0.1) is 61.3 Å². The molecule has 1 amide bonds. The van der Waals surface area contributed by atoms with Crippen molar-refractivity contribution in [1.29, 1.82) is 0 Å². The summed E-state index contributed by atoms with van der Waals surface area (Å²) in [6.45, 7) is -0.0927. The number of likely N-dealkylation sites (tertiary alicyclic amines) is 1. The molecular weight excluding hydrogens is 545 g/mol. The lowest BCUT2D eigenvalue weighted by Crippen LogP contribution is -2.42. The number of benzene rings is 3. The Balaban J connectivity index is 1.85. The molecular formula is C32H32FNO8. The largest absolute Gasteiger partial charge is 0.493 e. The number of carbonyl (C=O) groups is 2. The van der Waals surface area contributed by atoms with E-state index in [4.69, 9.17) is 28.4 Å². The molecule has 3 aromatic rings. The third-order valence-electron chi connectivity index (χ3n) is 6.75. The molecule has 0 unspecified atom stereocenters. The molecule has 0 spiro atoms. The summed E-state index contributed by atoms with van der Waals surface area (Å²) in [6.07, 6.45) is 3.30. The zero-order valence-electron chi connectivity index (χ0n) is 24.3. The molecule has 0 atom stereocenters. The van der Waals surface area contributed by atoms with Crippen LogP contribution in [0.25, 0.3) is 12.2 Å². The highest BCUT2D eigenvalue weighted by Crippen LogP contribution is 2.40. The van der Waals surface area contributed by atoms with E-state index < -0.39 is 11.7 Å². The minimum atomic E-state index is -0.648. The quantitative estimate of drug-likeness (QED) is 0.326. The maximum absolute atomic E-state index is 14.6. The molecule has 0 aliphatic carbocycles. The van der Waals surface area contributed by atoms with Crippen LogP contribution in [-0.4, -0.2) is 72.3 Å². The van der Waals surface area contributed by atoms with Crippen LogP contribution in [0.2, 0.25) is 0 Å². The number of hydrogen-bond donors (Lipinski definition) is 0. The molecule has 1 aliphatic rings. The minimum absolute atomic E-state index is 0.0464. The zero-order valence-corrected chi connectivity index (χ0v) is 24.3. The Labute approximate surface area is 243 Å². The van der Waals surface area contributed by atoms with Crippen molar-refractivity contribution in [3.63, 3.8) is 0 Å². The van der Waals surface area contributed by atoms with Crippen LogP contribution in [0.1, 0.15) is 21.5 Å². The van der Waals surface area contributed by atoms with Gasteiger partial charge < -0.3 is 33.3 Å². The Morgan fingerprint density at radius 2 is 1.10 bits per heavy atom. The summed E-state index contributed by atoms with van der Waals surface area (Å²) in [6, 6.07) is 12.5. The van der Waals surface area contributed by atoms with Crippen LogP contribution in [-0.2, 0) is 4.79 Å². The molecule has 0 radical (unpaired) electrons. The van der Waals surface area contributed by atoms with Gasteiger partial charge in [0.15, 0.2) is 28.8 Å². The summed E-state index contributed by atoms with van der Waals surface area (Å²) in [7, 11) is 8.96. The highest BCUT2D eigenvalue weighted by Gasteiger charge is 2.31. The molecule has 4 rings (SSSR count). The summed E-state index contributed by atoms with van der Waals surface area (Å²) in [4.78, 5) is 28.8. The first-order chi connectivity index (χ1) is 20.3. The van der Waals surface area contributed by atoms with E-state index in [-0.39, 0.29) is 24.4 Å². The van der Waals surface area contributed by atoms with Gasteiger partial charge in [-0.25, -0.2) is 4.39 Å². The second kappa shape index (κ2) is 13.1. The number of carbonyl (C=O) groups excluding carboxylic acids is 2. The van der Waals surface area contributed by atoms with Crippen LogP contribution in [0.4, 0.5) is 4.39 Å². The molecule has 1 aliphatic heterocycles. The molecule has 10 heteroatoms. The average molecular weight is 578 g/mol. The number of methoxy groups -OCH3 is 6. The Bertz CT molecular complexity index is 1430. The molecule has 9 nitrogen and oxygen atoms in total. The van der Waals surface area contributed by atoms with Crippen molar-refractivity contribution in [3.05, 3.63) is 82.2 Å². The van der Waals surface area contributed by atoms with Gasteiger partial charge in [0.1, 0.15) is 5.82 Å². The van der Waals surface area contributed by atoms with E-state index in [2.05, 4.69) is 0 Å². The number of piperidine rings is 1. The summed E-state index contributed by atoms with van der Waals surface area (Å²) in [5.74, 6) is 0.928. The summed E-state index contributed by atoms with van der Waals surface area (Å²) in [5, 5.41) is 0. The van der Waals surface area contributed by atoms with E-state index in [1.54, 1.807) is 42.5 Å². The van der Waals surface area contributed by atoms with Crippen LogP contribution in [0.5, 0.6) is 34.5 Å². The van der Waals surface area contributed by atoms with Crippen molar-refractivity contribution in [2.24, 2.45) is 0 Å². The second-order valence-electron chi connectivity index (χ2n) is 9.23. The maximum Gasteiger partial charge on any atom is 0.257 e. The second-order valence-corrected chi connectivity index (χ2v) is 9.23. The molecule has 0 N–H and O–H groups in total. The molecule has 0 aromatic heterocycles. The molecule has 0 bridgehead atoms. The smallest absolute Gasteiger partial charge is 0.257 e. The monoisotopic (exact) mass is 577 g/mol. The van der Waals surface area contributed by atoms with Crippen LogP contribution in [0, 0.1) is 5.82 Å². The van der Waals surface area contributed by atoms with Crippen molar-refractivity contribution >= 4 is 23.8 Å². The van der Waals surface area contributed by atoms with Crippen molar-refractivity contribution in [1.82, 2.24) is 4.90 Å². The first-order valence-corrected chi connectivity index (χ1v) is 12.9. The van der Waals surface area contributed by atoms with Gasteiger partial charge >= 0.3 is 0 Å². The lowest BCUT2D eigenvalue weighted by atomic mass is 9.93. The Hall–Kier alpha value is -4.99. The number of nitrogens with zero attached hydrogens (tertiary/aromatic N) is 1. The van der Waals surface area contributed by atoms with E-state index in [0.717, 1.165) is 0 Å². The van der Waals surface area contributed by atoms with Crippen molar-refractivity contribution in [2.75, 3.05) is 55.7 Å². The Morgan fingerprint density at radius 3 is 1.45 bits per heavy atom. The van der Waals surface area contributed by atoms with Gasteiger partial charge in [0, 0.05) is 11.1 Å². The summed E-state index contributed by atoms with van der Waals surface area (Å²) >= 11 is 0. The fourth-order valence-corrected chi connectivity index (χ4v) is 4.76. The van der Waals surface area contributed by atoms with Crippen molar-refractivity contribution in [3.8, 4) is 34.5 Å². The molecule has 1 heterocycles. The molecule has 1 fully saturated rings. The Morgan fingerprint density at radius 1 is 0.690 bits per heavy atom. The SMILES string of the molecule is COc1cc(/C=C2\CN(C(=O)c3ccccc3F)C/C(=C\c3cc(OC)c(OC)c(OC)c3)C2=O)cc(OC)c1OC. The highest BCUT2D eigenvalue weighted by molar-refractivity contribution is 6.16. The van der Waals surface area contributed by atoms with E-state index in [1.807, 2.05) is 0 Å². The van der Waals surface area contributed by atoms with Crippen LogP contribution in [0.3, 0.4) is 0 Å². The third-order valence-corrected chi connectivity index (χ3v) is 6.75. The molecule has 0 saturated carbocycles. The van der Waals surface area contributed by atoms with Gasteiger partial charge in [-0.3, -0.25) is 9.59 Å². The maximum atomic E-state index is 14.6. The lowest BCUT2D eigenvalue weighted by molar-refractivity contribution is -0.113. The standard InChI is InChI=1S/C32H32FNO8/c1-37-25-13-19(14-26(38-2)30(25)41-5)11-21-17-34(32(36)23-9-7-8-10-24(23)33)18-22(29(21)35)12-20-15-27(39-3)31(42-6)28(16-20)40-4/h7-16H,17-18H2,1-6H3/b21-11+,22-12+. The van der Waals surface area contributed by atoms with E-state index in [1.165, 1.54) is 65.8 Å². The van der Waals surface area contributed by atoms with Gasteiger partial charge in [-0.1, -0.05) is 12.1 Å². The number of ketones is 1. The first kappa shape index (κ1) is 30.0. The van der Waals surface area contributed by atoms with Gasteiger partial charge in [-0.15, -0.1) is 0 Å². The molecule has 1 saturated heterocycles. The number of ether oxygens (including phenoxy) is 6. The van der Waals surface area contributed by atoms with Crippen LogP contribution < -0.4 is 28.4 Å². The van der Waals surface area contributed by atoms with E-state index in [9.17, 15) is 14.0 Å². The summed E-state index contributed by atoms with van der Waals surface area (Å²) < 4.78 is 47.3. The fourth-order valence-electron chi connectivity index (χ4n) is 4.76. The molecule has 42 heavy (non-hydrogen) atoms. The van der Waals surface area contributed by atoms with Gasteiger partial charge in [0.25, 0.3) is 5.91 Å². The number of amides is 1. The van der Waals surface area contributed by atoms with Crippen LogP contribution >= 0.6 is 0 Å². The number of Topliss-reactive ketones (excluding diaryl/α,β-unsaturated/α-hetero) is 1. The summed E-state index contributed by atoms with van der Waals surface area (Å²) in [5.41, 5.74) is 1.68. The van der Waals surface area contributed by atoms with Gasteiger partial charge in [-0.05, 0) is 59.7 Å². The predicted octanol–water partition coefficient (Wildman–Crippen LogP) is 5.07. The number of hydrogen-bond acceptors (Lipinski definition) is 8. The average Bonchev–Trinajstić information content (AvgIpc) is 3.01. The lowest BCUT2D eigenvalue weighted by Gasteiger charge is -2.30. The Kier molecular flexibility index (Phi) is 9.36. The molecule has 3 aromatic carbocycles. The fraction of sp³-hybridized carbons (Fsp3) is 0.250. The normalized spacial score (nSPS) is 15.0. The highest BCUT2D eigenvalue weighted by atomic mass is 19.1. The van der Waals surface area contributed by atoms with Crippen LogP contribution in [0.15, 0.2) is 59.7 Å². The first-order valence-electron chi connectivity index (χ1n) is 12.9. The van der Waals surface area contributed by atoms with Crippen molar-refractivity contribution < 1.29 is 42.4 Å². The number of halogens is 1. The van der Waals surface area contributed by atoms with Gasteiger partial charge in [0.2, 0.25) is 11.5 Å². The van der Waals surface area contributed by atoms with E-state index in [0.29, 0.717) is 56.8 Å². The van der Waals surface area contributed by atoms with Gasteiger partial charge in [-0.2, -0.15) is 0 Å². The topological polar surface area (TPSA) is 92.8 Å². The van der Waals surface area contributed by atoms with Crippen molar-refractivity contribution in [2.45, 2.75) is 0 Å². The molecule has 220 valence electrons. The third kappa shape index (κ3) is 6.02. The minimum Gasteiger partial charge on any atom is -0.493 e. The predicted molar refractivity (Wildman–Crippen MR) is 155 cm³/mol.